The minimum Gasteiger partial charge on any atom is -0.342 e. The summed E-state index contributed by atoms with van der Waals surface area (Å²) in [5.41, 5.74) is 8.28. The molecule has 0 radical (unpaired) electrons. The molecule has 106 valence electrons. The molecular formula is C15H23ClN2O. The first kappa shape index (κ1) is 16.0. The van der Waals surface area contributed by atoms with Gasteiger partial charge in [0.2, 0.25) is 5.91 Å². The second-order valence-electron chi connectivity index (χ2n) is 5.06. The van der Waals surface area contributed by atoms with E-state index in [-0.39, 0.29) is 18.3 Å². The lowest BCUT2D eigenvalue weighted by Crippen LogP contribution is -2.40. The fourth-order valence-electron chi connectivity index (χ4n) is 2.64. The van der Waals surface area contributed by atoms with Crippen molar-refractivity contribution in [3.63, 3.8) is 0 Å². The lowest BCUT2D eigenvalue weighted by molar-refractivity contribution is -0.132. The van der Waals surface area contributed by atoms with Crippen molar-refractivity contribution in [2.75, 3.05) is 13.6 Å². The molecule has 4 heteroatoms. The van der Waals surface area contributed by atoms with Crippen LogP contribution in [-0.4, -0.2) is 30.4 Å². The maximum atomic E-state index is 12.0. The Labute approximate surface area is 121 Å². The number of carbonyl (C=O) groups is 1. The van der Waals surface area contributed by atoms with Gasteiger partial charge in [0.15, 0.2) is 0 Å². The van der Waals surface area contributed by atoms with Crippen LogP contribution in [0.15, 0.2) is 24.3 Å². The van der Waals surface area contributed by atoms with Crippen molar-refractivity contribution < 1.29 is 4.79 Å². The molecule has 0 heterocycles. The van der Waals surface area contributed by atoms with E-state index in [9.17, 15) is 4.79 Å². The number of hydrogen-bond donors (Lipinski definition) is 1. The summed E-state index contributed by atoms with van der Waals surface area (Å²) >= 11 is 0. The van der Waals surface area contributed by atoms with Crippen LogP contribution in [0, 0.1) is 0 Å². The van der Waals surface area contributed by atoms with Crippen LogP contribution in [0.25, 0.3) is 0 Å². The van der Waals surface area contributed by atoms with Gasteiger partial charge in [0.05, 0.1) is 0 Å². The Morgan fingerprint density at radius 3 is 2.74 bits per heavy atom. The van der Waals surface area contributed by atoms with Gasteiger partial charge in [0.25, 0.3) is 0 Å². The molecular weight excluding hydrogens is 260 g/mol. The normalized spacial score (nSPS) is 17.3. The fourth-order valence-corrected chi connectivity index (χ4v) is 2.64. The van der Waals surface area contributed by atoms with Gasteiger partial charge in [-0.15, -0.1) is 12.4 Å². The third-order valence-corrected chi connectivity index (χ3v) is 3.86. The predicted molar refractivity (Wildman–Crippen MR) is 80.6 cm³/mol. The number of hydrogen-bond acceptors (Lipinski definition) is 2. The van der Waals surface area contributed by atoms with Crippen molar-refractivity contribution in [3.8, 4) is 0 Å². The summed E-state index contributed by atoms with van der Waals surface area (Å²) in [4.78, 5) is 13.9. The number of benzene rings is 1. The van der Waals surface area contributed by atoms with Crippen molar-refractivity contribution in [2.24, 2.45) is 5.73 Å². The number of likely N-dealkylation sites (N-methyl/N-ethyl adjacent to an activating group) is 1. The van der Waals surface area contributed by atoms with Crippen molar-refractivity contribution >= 4 is 18.3 Å². The molecule has 1 aromatic carbocycles. The summed E-state index contributed by atoms with van der Waals surface area (Å²) in [7, 11) is 1.93. The van der Waals surface area contributed by atoms with Crippen LogP contribution < -0.4 is 5.73 Å². The molecule has 1 atom stereocenters. The standard InChI is InChI=1S/C15H22N2O.ClH/c1-17(15(18)7-4-10-16)14-9-8-12-5-2-3-6-13(12)11-14;/h2-3,5-6,14H,4,7-11,16H2,1H3;1H. The molecule has 0 fully saturated rings. The van der Waals surface area contributed by atoms with Crippen molar-refractivity contribution in [2.45, 2.75) is 38.1 Å². The van der Waals surface area contributed by atoms with Crippen LogP contribution in [0.4, 0.5) is 0 Å². The number of carbonyl (C=O) groups excluding carboxylic acids is 1. The predicted octanol–water partition coefficient (Wildman–Crippen LogP) is 2.16. The molecule has 0 bridgehead atoms. The molecule has 0 aromatic heterocycles. The first-order chi connectivity index (χ1) is 8.72. The molecule has 1 aliphatic carbocycles. The van der Waals surface area contributed by atoms with E-state index in [1.165, 1.54) is 11.1 Å². The van der Waals surface area contributed by atoms with Crippen LogP contribution in [0.1, 0.15) is 30.4 Å². The monoisotopic (exact) mass is 282 g/mol. The van der Waals surface area contributed by atoms with E-state index < -0.39 is 0 Å². The maximum absolute atomic E-state index is 12.0. The van der Waals surface area contributed by atoms with Crippen LogP contribution in [0.5, 0.6) is 0 Å². The Kier molecular flexibility index (Phi) is 6.32. The number of rotatable bonds is 4. The van der Waals surface area contributed by atoms with Crippen LogP contribution >= 0.6 is 12.4 Å². The Balaban J connectivity index is 0.00000180. The highest BCUT2D eigenvalue weighted by atomic mass is 35.5. The number of nitrogens with two attached hydrogens (primary N) is 1. The summed E-state index contributed by atoms with van der Waals surface area (Å²) in [5, 5.41) is 0. The second-order valence-corrected chi connectivity index (χ2v) is 5.06. The molecule has 0 aliphatic heterocycles. The van der Waals surface area contributed by atoms with E-state index in [1.54, 1.807) is 0 Å². The van der Waals surface area contributed by atoms with Gasteiger partial charge in [-0.3, -0.25) is 4.79 Å². The molecule has 1 aromatic rings. The van der Waals surface area contributed by atoms with Gasteiger partial charge in [-0.05, 0) is 43.4 Å². The van der Waals surface area contributed by atoms with E-state index in [1.807, 2.05) is 11.9 Å². The van der Waals surface area contributed by atoms with Gasteiger partial charge in [0.1, 0.15) is 0 Å². The number of fused-ring (bicyclic) bond motifs is 1. The first-order valence-electron chi connectivity index (χ1n) is 6.75. The van der Waals surface area contributed by atoms with E-state index in [0.29, 0.717) is 19.0 Å². The molecule has 0 spiro atoms. The summed E-state index contributed by atoms with van der Waals surface area (Å²) < 4.78 is 0. The molecule has 1 aliphatic rings. The van der Waals surface area contributed by atoms with Gasteiger partial charge in [-0.25, -0.2) is 0 Å². The Morgan fingerprint density at radius 2 is 2.05 bits per heavy atom. The second kappa shape index (κ2) is 7.51. The molecule has 2 rings (SSSR count). The number of halogens is 1. The van der Waals surface area contributed by atoms with Gasteiger partial charge in [-0.2, -0.15) is 0 Å². The third kappa shape index (κ3) is 3.95. The zero-order valence-corrected chi connectivity index (χ0v) is 12.3. The van der Waals surface area contributed by atoms with Crippen molar-refractivity contribution in [1.29, 1.82) is 0 Å². The topological polar surface area (TPSA) is 46.3 Å². The molecule has 19 heavy (non-hydrogen) atoms. The largest absolute Gasteiger partial charge is 0.342 e. The third-order valence-electron chi connectivity index (χ3n) is 3.86. The van der Waals surface area contributed by atoms with Crippen LogP contribution in [0.3, 0.4) is 0 Å². The number of amides is 1. The molecule has 1 unspecified atom stereocenters. The fraction of sp³-hybridized carbons (Fsp3) is 0.533. The van der Waals surface area contributed by atoms with Gasteiger partial charge >= 0.3 is 0 Å². The zero-order valence-electron chi connectivity index (χ0n) is 11.5. The molecule has 0 saturated heterocycles. The van der Waals surface area contributed by atoms with Crippen LogP contribution in [0.2, 0.25) is 0 Å². The average Bonchev–Trinajstić information content (AvgIpc) is 2.43. The van der Waals surface area contributed by atoms with E-state index >= 15 is 0 Å². The molecule has 2 N–H and O–H groups in total. The highest BCUT2D eigenvalue weighted by Crippen LogP contribution is 2.24. The zero-order chi connectivity index (χ0) is 13.0. The summed E-state index contributed by atoms with van der Waals surface area (Å²) in [6, 6.07) is 8.90. The number of nitrogens with zero attached hydrogens (tertiary/aromatic N) is 1. The van der Waals surface area contributed by atoms with E-state index in [4.69, 9.17) is 5.73 Å². The van der Waals surface area contributed by atoms with E-state index in [2.05, 4.69) is 24.3 Å². The summed E-state index contributed by atoms with van der Waals surface area (Å²) in [5.74, 6) is 0.227. The smallest absolute Gasteiger partial charge is 0.222 e. The highest BCUT2D eigenvalue weighted by Gasteiger charge is 2.24. The van der Waals surface area contributed by atoms with Crippen LogP contribution in [-0.2, 0) is 17.6 Å². The van der Waals surface area contributed by atoms with Gasteiger partial charge in [-0.1, -0.05) is 24.3 Å². The molecule has 1 amide bonds. The number of aryl methyl sites for hydroxylation is 1. The Morgan fingerprint density at radius 1 is 1.37 bits per heavy atom. The Bertz CT molecular complexity index is 422. The highest BCUT2D eigenvalue weighted by molar-refractivity contribution is 5.85. The minimum atomic E-state index is 0. The SMILES string of the molecule is CN(C(=O)CCCN)C1CCc2ccccc2C1.Cl. The van der Waals surface area contributed by atoms with Crippen molar-refractivity contribution in [3.05, 3.63) is 35.4 Å². The van der Waals surface area contributed by atoms with Gasteiger partial charge in [0, 0.05) is 19.5 Å². The first-order valence-corrected chi connectivity index (χ1v) is 6.75. The van der Waals surface area contributed by atoms with Gasteiger partial charge < -0.3 is 10.6 Å². The maximum Gasteiger partial charge on any atom is 0.222 e. The lowest BCUT2D eigenvalue weighted by Gasteiger charge is -2.32. The quantitative estimate of drug-likeness (QED) is 0.920. The molecule has 0 saturated carbocycles. The van der Waals surface area contributed by atoms with E-state index in [0.717, 1.165) is 25.7 Å². The van der Waals surface area contributed by atoms with Crippen molar-refractivity contribution in [1.82, 2.24) is 4.90 Å². The Hall–Kier alpha value is -1.06. The lowest BCUT2D eigenvalue weighted by atomic mass is 9.87. The summed E-state index contributed by atoms with van der Waals surface area (Å²) in [6.45, 7) is 0.590. The average molecular weight is 283 g/mol. The summed E-state index contributed by atoms with van der Waals surface area (Å²) in [6.07, 6.45) is 4.50. The molecule has 3 nitrogen and oxygen atoms in total. The minimum absolute atomic E-state index is 0.